The van der Waals surface area contributed by atoms with Gasteiger partial charge in [0.1, 0.15) is 6.04 Å². The van der Waals surface area contributed by atoms with Crippen molar-refractivity contribution in [1.82, 2.24) is 9.80 Å². The van der Waals surface area contributed by atoms with Crippen molar-refractivity contribution in [2.45, 2.75) is 25.8 Å². The number of rotatable bonds is 5. The van der Waals surface area contributed by atoms with Crippen LogP contribution in [0.2, 0.25) is 0 Å². The molecular weight excluding hydrogens is 252 g/mol. The normalized spacial score (nSPS) is 23.2. The Morgan fingerprint density at radius 2 is 1.84 bits per heavy atom. The van der Waals surface area contributed by atoms with E-state index in [-0.39, 0.29) is 32.2 Å². The number of urea groups is 1. The number of hydrogen-bond donors (Lipinski definition) is 3. The first kappa shape index (κ1) is 15.7. The van der Waals surface area contributed by atoms with Gasteiger partial charge >= 0.3 is 12.0 Å². The standard InChI is InChI=1S/C12H22N2O5/c1-9-3-2-4-14(10(9)11(17)18)12(19)13(5-7-15)6-8-16/h9-10,15-16H,2-8H2,1H3,(H,17,18). The molecule has 0 aromatic heterocycles. The van der Waals surface area contributed by atoms with Crippen LogP contribution in [0.5, 0.6) is 0 Å². The highest BCUT2D eigenvalue weighted by Crippen LogP contribution is 2.24. The minimum atomic E-state index is -1.01. The molecule has 2 amide bonds. The molecule has 1 fully saturated rings. The molecule has 110 valence electrons. The van der Waals surface area contributed by atoms with Crippen LogP contribution in [0, 0.1) is 5.92 Å². The fraction of sp³-hybridized carbons (Fsp3) is 0.833. The van der Waals surface area contributed by atoms with Gasteiger partial charge in [-0.1, -0.05) is 6.92 Å². The molecule has 2 unspecified atom stereocenters. The predicted octanol–water partition coefficient (Wildman–Crippen LogP) is -0.422. The van der Waals surface area contributed by atoms with E-state index in [0.29, 0.717) is 6.54 Å². The van der Waals surface area contributed by atoms with Gasteiger partial charge in [0.2, 0.25) is 0 Å². The molecule has 1 rings (SSSR count). The van der Waals surface area contributed by atoms with Gasteiger partial charge in [0.25, 0.3) is 0 Å². The van der Waals surface area contributed by atoms with Gasteiger partial charge in [0.15, 0.2) is 0 Å². The van der Waals surface area contributed by atoms with Crippen LogP contribution >= 0.6 is 0 Å². The predicted molar refractivity (Wildman–Crippen MR) is 67.7 cm³/mol. The number of piperidine rings is 1. The summed E-state index contributed by atoms with van der Waals surface area (Å²) in [6.45, 7) is 1.97. The van der Waals surface area contributed by atoms with Gasteiger partial charge in [-0.3, -0.25) is 0 Å². The van der Waals surface area contributed by atoms with Gasteiger partial charge in [-0.15, -0.1) is 0 Å². The van der Waals surface area contributed by atoms with E-state index in [9.17, 15) is 14.7 Å². The molecule has 7 heteroatoms. The highest BCUT2D eigenvalue weighted by atomic mass is 16.4. The Morgan fingerprint density at radius 3 is 2.32 bits per heavy atom. The second-order valence-electron chi connectivity index (χ2n) is 4.81. The second kappa shape index (κ2) is 7.30. The average molecular weight is 274 g/mol. The van der Waals surface area contributed by atoms with Gasteiger partial charge in [0.05, 0.1) is 13.2 Å². The fourth-order valence-electron chi connectivity index (χ4n) is 2.51. The monoisotopic (exact) mass is 274 g/mol. The van der Waals surface area contributed by atoms with E-state index in [1.165, 1.54) is 9.80 Å². The third-order valence-corrected chi connectivity index (χ3v) is 3.44. The Balaban J connectivity index is 2.83. The van der Waals surface area contributed by atoms with Crippen LogP contribution in [0.3, 0.4) is 0 Å². The summed E-state index contributed by atoms with van der Waals surface area (Å²) in [5.74, 6) is -1.10. The third-order valence-electron chi connectivity index (χ3n) is 3.44. The summed E-state index contributed by atoms with van der Waals surface area (Å²) in [4.78, 5) is 26.2. The second-order valence-corrected chi connectivity index (χ2v) is 4.81. The van der Waals surface area contributed by atoms with Crippen molar-refractivity contribution in [1.29, 1.82) is 0 Å². The summed E-state index contributed by atoms with van der Waals surface area (Å²) < 4.78 is 0. The number of carbonyl (C=O) groups excluding carboxylic acids is 1. The molecule has 0 aromatic rings. The molecule has 1 heterocycles. The van der Waals surface area contributed by atoms with Crippen LogP contribution in [-0.2, 0) is 4.79 Å². The van der Waals surface area contributed by atoms with Crippen LogP contribution < -0.4 is 0 Å². The Kier molecular flexibility index (Phi) is 6.04. The van der Waals surface area contributed by atoms with Gasteiger partial charge in [-0.05, 0) is 18.8 Å². The number of aliphatic hydroxyl groups is 2. The molecule has 0 radical (unpaired) electrons. The molecular formula is C12H22N2O5. The van der Waals surface area contributed by atoms with E-state index >= 15 is 0 Å². The number of aliphatic hydroxyl groups excluding tert-OH is 2. The molecule has 0 bridgehead atoms. The highest BCUT2D eigenvalue weighted by Gasteiger charge is 2.38. The molecule has 7 nitrogen and oxygen atoms in total. The molecule has 1 aliphatic heterocycles. The summed E-state index contributed by atoms with van der Waals surface area (Å²) in [7, 11) is 0. The van der Waals surface area contributed by atoms with E-state index in [1.807, 2.05) is 6.92 Å². The number of nitrogens with zero attached hydrogens (tertiary/aromatic N) is 2. The lowest BCUT2D eigenvalue weighted by Crippen LogP contribution is -2.56. The first-order valence-corrected chi connectivity index (χ1v) is 6.53. The van der Waals surface area contributed by atoms with E-state index in [4.69, 9.17) is 10.2 Å². The van der Waals surface area contributed by atoms with E-state index in [2.05, 4.69) is 0 Å². The number of carboxylic acids is 1. The molecule has 19 heavy (non-hydrogen) atoms. The summed E-state index contributed by atoms with van der Waals surface area (Å²) in [5, 5.41) is 27.1. The Bertz CT molecular complexity index is 317. The maximum atomic E-state index is 12.3. The quantitative estimate of drug-likeness (QED) is 0.632. The minimum Gasteiger partial charge on any atom is -0.480 e. The smallest absolute Gasteiger partial charge is 0.326 e. The summed E-state index contributed by atoms with van der Waals surface area (Å²) in [6.07, 6.45) is 1.55. The molecule has 0 aromatic carbocycles. The van der Waals surface area contributed by atoms with Crippen molar-refractivity contribution in [2.75, 3.05) is 32.8 Å². The van der Waals surface area contributed by atoms with E-state index < -0.39 is 18.0 Å². The van der Waals surface area contributed by atoms with Gasteiger partial charge < -0.3 is 25.1 Å². The Hall–Kier alpha value is -1.34. The first-order valence-electron chi connectivity index (χ1n) is 6.53. The SMILES string of the molecule is CC1CCCN(C(=O)N(CCO)CCO)C1C(=O)O. The lowest BCUT2D eigenvalue weighted by molar-refractivity contribution is -0.145. The third kappa shape index (κ3) is 3.81. The number of hydrogen-bond acceptors (Lipinski definition) is 4. The molecule has 1 aliphatic rings. The number of likely N-dealkylation sites (tertiary alicyclic amines) is 1. The lowest BCUT2D eigenvalue weighted by atomic mass is 9.91. The fourth-order valence-corrected chi connectivity index (χ4v) is 2.51. The number of aliphatic carboxylic acids is 1. The minimum absolute atomic E-state index is 0.0939. The molecule has 3 N–H and O–H groups in total. The van der Waals surface area contributed by atoms with Gasteiger partial charge in [0, 0.05) is 19.6 Å². The number of carbonyl (C=O) groups is 2. The molecule has 0 spiro atoms. The van der Waals surface area contributed by atoms with Crippen molar-refractivity contribution in [2.24, 2.45) is 5.92 Å². The lowest BCUT2D eigenvalue weighted by Gasteiger charge is -2.39. The summed E-state index contributed by atoms with van der Waals surface area (Å²) >= 11 is 0. The van der Waals surface area contributed by atoms with Gasteiger partial charge in [-0.2, -0.15) is 0 Å². The van der Waals surface area contributed by atoms with Crippen LogP contribution in [0.25, 0.3) is 0 Å². The van der Waals surface area contributed by atoms with E-state index in [1.54, 1.807) is 0 Å². The average Bonchev–Trinajstić information content (AvgIpc) is 2.37. The van der Waals surface area contributed by atoms with Crippen LogP contribution in [0.4, 0.5) is 4.79 Å². The first-order chi connectivity index (χ1) is 9.02. The number of carboxylic acid groups (broad SMARTS) is 1. The van der Waals surface area contributed by atoms with Gasteiger partial charge in [-0.25, -0.2) is 9.59 Å². The van der Waals surface area contributed by atoms with Crippen LogP contribution in [0.1, 0.15) is 19.8 Å². The highest BCUT2D eigenvalue weighted by molar-refractivity contribution is 5.83. The zero-order valence-corrected chi connectivity index (χ0v) is 11.2. The number of amides is 2. The molecule has 0 aliphatic carbocycles. The van der Waals surface area contributed by atoms with Crippen molar-refractivity contribution in [3.05, 3.63) is 0 Å². The van der Waals surface area contributed by atoms with Crippen LogP contribution in [0.15, 0.2) is 0 Å². The largest absolute Gasteiger partial charge is 0.480 e. The van der Waals surface area contributed by atoms with Crippen molar-refractivity contribution >= 4 is 12.0 Å². The van der Waals surface area contributed by atoms with Crippen molar-refractivity contribution < 1.29 is 24.9 Å². The Labute approximate surface area is 112 Å². The summed E-state index contributed by atoms with van der Waals surface area (Å²) in [5.41, 5.74) is 0. The molecule has 1 saturated heterocycles. The van der Waals surface area contributed by atoms with Crippen molar-refractivity contribution in [3.63, 3.8) is 0 Å². The van der Waals surface area contributed by atoms with Crippen LogP contribution in [-0.4, -0.2) is 76.0 Å². The topological polar surface area (TPSA) is 101 Å². The maximum Gasteiger partial charge on any atom is 0.326 e. The zero-order valence-electron chi connectivity index (χ0n) is 11.2. The molecule has 2 atom stereocenters. The van der Waals surface area contributed by atoms with Crippen molar-refractivity contribution in [3.8, 4) is 0 Å². The Morgan fingerprint density at radius 1 is 1.26 bits per heavy atom. The van der Waals surface area contributed by atoms with E-state index in [0.717, 1.165) is 12.8 Å². The maximum absolute atomic E-state index is 12.3. The summed E-state index contributed by atoms with van der Waals surface area (Å²) in [6, 6.07) is -1.26. The molecule has 0 saturated carbocycles. The zero-order chi connectivity index (χ0) is 14.4.